The van der Waals surface area contributed by atoms with E-state index in [0.717, 1.165) is 29.9 Å². The highest BCUT2D eigenvalue weighted by molar-refractivity contribution is 5.79. The molecule has 5 heteroatoms. The van der Waals surface area contributed by atoms with Crippen molar-refractivity contribution in [3.63, 3.8) is 0 Å². The summed E-state index contributed by atoms with van der Waals surface area (Å²) in [4.78, 5) is 17.2. The van der Waals surface area contributed by atoms with Gasteiger partial charge < -0.3 is 9.72 Å². The van der Waals surface area contributed by atoms with E-state index in [-0.39, 0.29) is 17.6 Å². The van der Waals surface area contributed by atoms with Gasteiger partial charge in [-0.15, -0.1) is 0 Å². The molecule has 1 unspecified atom stereocenters. The number of aryl methyl sites for hydroxylation is 1. The molecule has 0 aliphatic heterocycles. The Hall–Kier alpha value is -2.69. The van der Waals surface area contributed by atoms with Crippen molar-refractivity contribution in [2.45, 2.75) is 25.7 Å². The Morgan fingerprint density at radius 3 is 2.96 bits per heavy atom. The van der Waals surface area contributed by atoms with Crippen molar-refractivity contribution in [1.82, 2.24) is 14.7 Å². The third-order valence-electron chi connectivity index (χ3n) is 4.90. The summed E-state index contributed by atoms with van der Waals surface area (Å²) in [5.41, 5.74) is 3.81. The van der Waals surface area contributed by atoms with Gasteiger partial charge in [-0.2, -0.15) is 0 Å². The number of nitrogens with zero attached hydrogens (tertiary/aromatic N) is 2. The number of carbonyl (C=O) groups excluding carboxylic acids is 1. The van der Waals surface area contributed by atoms with Crippen LogP contribution in [0.25, 0.3) is 5.65 Å². The van der Waals surface area contributed by atoms with Crippen LogP contribution in [0.2, 0.25) is 0 Å². The first-order chi connectivity index (χ1) is 12.2. The first-order valence-electron chi connectivity index (χ1n) is 8.68. The smallest absolute Gasteiger partial charge is 0.223 e. The van der Waals surface area contributed by atoms with Gasteiger partial charge in [0.1, 0.15) is 11.5 Å². The van der Waals surface area contributed by atoms with Gasteiger partial charge in [-0.05, 0) is 43.0 Å². The molecule has 0 saturated carbocycles. The lowest BCUT2D eigenvalue weighted by molar-refractivity contribution is -0.125. The first-order valence-corrected chi connectivity index (χ1v) is 8.68. The lowest BCUT2D eigenvalue weighted by atomic mass is 9.89. The molecule has 4 rings (SSSR count). The molecular formula is C20H20FN3O. The minimum atomic E-state index is -0.218. The highest BCUT2D eigenvalue weighted by Gasteiger charge is 2.27. The Balaban J connectivity index is 1.39. The van der Waals surface area contributed by atoms with Crippen LogP contribution in [-0.4, -0.2) is 21.8 Å². The van der Waals surface area contributed by atoms with Crippen LogP contribution in [0.5, 0.6) is 0 Å². The average molecular weight is 337 g/mol. The number of rotatable bonds is 4. The van der Waals surface area contributed by atoms with E-state index in [1.54, 1.807) is 12.1 Å². The monoisotopic (exact) mass is 337 g/mol. The van der Waals surface area contributed by atoms with Gasteiger partial charge in [-0.1, -0.05) is 24.3 Å². The second-order valence-corrected chi connectivity index (χ2v) is 6.51. The van der Waals surface area contributed by atoms with Crippen molar-refractivity contribution < 1.29 is 9.18 Å². The van der Waals surface area contributed by atoms with Crippen LogP contribution in [0.1, 0.15) is 23.4 Å². The summed E-state index contributed by atoms with van der Waals surface area (Å²) in [5, 5.41) is 2.96. The van der Waals surface area contributed by atoms with Crippen LogP contribution in [0.15, 0.2) is 48.7 Å². The Kier molecular flexibility index (Phi) is 4.22. The zero-order valence-corrected chi connectivity index (χ0v) is 13.9. The lowest BCUT2D eigenvalue weighted by Gasteiger charge is -2.21. The van der Waals surface area contributed by atoms with Crippen molar-refractivity contribution in [2.24, 2.45) is 5.92 Å². The maximum Gasteiger partial charge on any atom is 0.223 e. The molecule has 3 aromatic rings. The van der Waals surface area contributed by atoms with Crippen molar-refractivity contribution in [1.29, 1.82) is 0 Å². The van der Waals surface area contributed by atoms with Gasteiger partial charge in [0.15, 0.2) is 0 Å². The topological polar surface area (TPSA) is 46.4 Å². The molecule has 128 valence electrons. The number of hydrogen-bond acceptors (Lipinski definition) is 2. The van der Waals surface area contributed by atoms with E-state index in [2.05, 4.69) is 14.7 Å². The molecule has 1 amide bonds. The van der Waals surface area contributed by atoms with E-state index in [0.29, 0.717) is 24.9 Å². The minimum Gasteiger partial charge on any atom is -0.356 e. The van der Waals surface area contributed by atoms with Crippen molar-refractivity contribution in [3.05, 3.63) is 71.4 Å². The van der Waals surface area contributed by atoms with Crippen LogP contribution in [0.3, 0.4) is 0 Å². The number of hydrogen-bond donors (Lipinski definition) is 1. The van der Waals surface area contributed by atoms with Crippen LogP contribution < -0.4 is 5.32 Å². The Bertz CT molecular complexity index is 918. The molecule has 1 atom stereocenters. The lowest BCUT2D eigenvalue weighted by Crippen LogP contribution is -2.35. The Morgan fingerprint density at radius 1 is 1.24 bits per heavy atom. The normalized spacial score (nSPS) is 16.6. The highest BCUT2D eigenvalue weighted by atomic mass is 19.1. The van der Waals surface area contributed by atoms with Crippen LogP contribution in [-0.2, 0) is 24.1 Å². The summed E-state index contributed by atoms with van der Waals surface area (Å²) in [6.45, 7) is 0.455. The molecule has 2 aromatic heterocycles. The third kappa shape index (κ3) is 3.14. The average Bonchev–Trinajstić information content (AvgIpc) is 3.01. The van der Waals surface area contributed by atoms with Crippen LogP contribution in [0, 0.1) is 11.7 Å². The predicted molar refractivity (Wildman–Crippen MR) is 93.8 cm³/mol. The maximum absolute atomic E-state index is 13.6. The van der Waals surface area contributed by atoms with Gasteiger partial charge in [0.2, 0.25) is 5.91 Å². The molecule has 0 spiro atoms. The molecule has 0 saturated heterocycles. The summed E-state index contributed by atoms with van der Waals surface area (Å²) in [6.07, 6.45) is 4.84. The van der Waals surface area contributed by atoms with Crippen molar-refractivity contribution in [3.8, 4) is 0 Å². The zero-order chi connectivity index (χ0) is 17.2. The zero-order valence-electron chi connectivity index (χ0n) is 13.9. The first kappa shape index (κ1) is 15.8. The fourth-order valence-electron chi connectivity index (χ4n) is 3.55. The van der Waals surface area contributed by atoms with Gasteiger partial charge in [-0.25, -0.2) is 9.37 Å². The summed E-state index contributed by atoms with van der Waals surface area (Å²) in [6, 6.07) is 12.6. The van der Waals surface area contributed by atoms with Crippen LogP contribution in [0.4, 0.5) is 4.39 Å². The van der Waals surface area contributed by atoms with Gasteiger partial charge in [0, 0.05) is 30.8 Å². The fraction of sp³-hybridized carbons (Fsp3) is 0.300. The summed E-state index contributed by atoms with van der Waals surface area (Å²) < 4.78 is 15.7. The number of benzene rings is 1. The second-order valence-electron chi connectivity index (χ2n) is 6.51. The minimum absolute atomic E-state index is 0.0479. The number of carbonyl (C=O) groups is 1. The largest absolute Gasteiger partial charge is 0.356 e. The fourth-order valence-corrected chi connectivity index (χ4v) is 3.55. The molecule has 0 bridgehead atoms. The van der Waals surface area contributed by atoms with Gasteiger partial charge >= 0.3 is 0 Å². The number of fused-ring (bicyclic) bond motifs is 3. The number of pyridine rings is 1. The molecule has 4 nitrogen and oxygen atoms in total. The third-order valence-corrected chi connectivity index (χ3v) is 4.90. The Labute approximate surface area is 145 Å². The number of nitrogens with one attached hydrogen (secondary N) is 1. The molecule has 2 heterocycles. The molecule has 1 N–H and O–H groups in total. The molecular weight excluding hydrogens is 317 g/mol. The number of aromatic nitrogens is 2. The number of amides is 1. The van der Waals surface area contributed by atoms with E-state index >= 15 is 0 Å². The summed E-state index contributed by atoms with van der Waals surface area (Å²) in [5.74, 6) is -0.217. The molecule has 0 radical (unpaired) electrons. The van der Waals surface area contributed by atoms with E-state index < -0.39 is 0 Å². The second kappa shape index (κ2) is 6.67. The Morgan fingerprint density at radius 2 is 2.08 bits per heavy atom. The maximum atomic E-state index is 13.6. The summed E-state index contributed by atoms with van der Waals surface area (Å²) in [7, 11) is 0. The van der Waals surface area contributed by atoms with Gasteiger partial charge in [0.25, 0.3) is 0 Å². The summed E-state index contributed by atoms with van der Waals surface area (Å²) >= 11 is 0. The van der Waals surface area contributed by atoms with E-state index in [1.165, 1.54) is 6.07 Å². The van der Waals surface area contributed by atoms with E-state index in [9.17, 15) is 9.18 Å². The van der Waals surface area contributed by atoms with Gasteiger partial charge in [0.05, 0.1) is 5.69 Å². The number of halogens is 1. The molecule has 0 fully saturated rings. The predicted octanol–water partition coefficient (Wildman–Crippen LogP) is 2.94. The van der Waals surface area contributed by atoms with E-state index in [1.807, 2.05) is 30.5 Å². The van der Waals surface area contributed by atoms with Crippen molar-refractivity contribution >= 4 is 11.6 Å². The number of imidazole rings is 1. The van der Waals surface area contributed by atoms with Crippen LogP contribution >= 0.6 is 0 Å². The standard InChI is InChI=1S/C20H20FN3O/c21-16-6-2-1-5-14(16)10-11-22-20(25)15-8-9-17-18(13-15)24-12-4-3-7-19(24)23-17/h1-7,12,15H,8-11,13H2,(H,22,25). The molecule has 1 aliphatic carbocycles. The quantitative estimate of drug-likeness (QED) is 0.796. The van der Waals surface area contributed by atoms with Gasteiger partial charge in [-0.3, -0.25) is 4.79 Å². The van der Waals surface area contributed by atoms with E-state index in [4.69, 9.17) is 0 Å². The molecule has 1 aromatic carbocycles. The SMILES string of the molecule is O=C(NCCc1ccccc1F)C1CCc2nc3ccccn3c2C1. The molecule has 1 aliphatic rings. The van der Waals surface area contributed by atoms with Crippen molar-refractivity contribution in [2.75, 3.05) is 6.54 Å². The highest BCUT2D eigenvalue weighted by Crippen LogP contribution is 2.26. The molecule has 25 heavy (non-hydrogen) atoms.